The van der Waals surface area contributed by atoms with Gasteiger partial charge in [-0.1, -0.05) is 0 Å². The van der Waals surface area contributed by atoms with Crippen LogP contribution in [-0.2, 0) is 4.79 Å². The number of Topliss-reactive ketones (excluding diaryl/α,β-unsaturated/α-hetero) is 1. The molecule has 0 bridgehead atoms. The number of carbonyl (C=O) groups is 1. The molecule has 0 aromatic carbocycles. The molecule has 1 heterocycles. The Balaban J connectivity index is 2.13. The lowest BCUT2D eigenvalue weighted by atomic mass is 9.91. The monoisotopic (exact) mass is 198 g/mol. The van der Waals surface area contributed by atoms with E-state index in [1.54, 1.807) is 0 Å². The highest BCUT2D eigenvalue weighted by atomic mass is 16.1. The minimum Gasteiger partial charge on any atom is -0.317 e. The average Bonchev–Trinajstić information content (AvgIpc) is 2.18. The molecule has 1 fully saturated rings. The van der Waals surface area contributed by atoms with Crippen LogP contribution in [0.4, 0.5) is 0 Å². The molecule has 0 unspecified atom stereocenters. The van der Waals surface area contributed by atoms with Gasteiger partial charge >= 0.3 is 0 Å². The van der Waals surface area contributed by atoms with Crippen molar-refractivity contribution in [3.8, 4) is 0 Å². The van der Waals surface area contributed by atoms with Gasteiger partial charge in [-0.05, 0) is 53.0 Å². The van der Waals surface area contributed by atoms with E-state index in [1.165, 1.54) is 0 Å². The molecule has 0 atom stereocenters. The van der Waals surface area contributed by atoms with Gasteiger partial charge in [0.2, 0.25) is 0 Å². The van der Waals surface area contributed by atoms with E-state index in [4.69, 9.17) is 0 Å². The van der Waals surface area contributed by atoms with Gasteiger partial charge in [0, 0.05) is 12.3 Å². The number of hydrogen-bond donors (Lipinski definition) is 1. The molecular weight excluding hydrogens is 176 g/mol. The summed E-state index contributed by atoms with van der Waals surface area (Å²) in [7, 11) is 4.10. The van der Waals surface area contributed by atoms with E-state index in [0.717, 1.165) is 45.3 Å². The van der Waals surface area contributed by atoms with Crippen molar-refractivity contribution < 1.29 is 4.79 Å². The Morgan fingerprint density at radius 2 is 2.00 bits per heavy atom. The van der Waals surface area contributed by atoms with Gasteiger partial charge in [-0.15, -0.1) is 0 Å². The van der Waals surface area contributed by atoms with Gasteiger partial charge in [0.05, 0.1) is 0 Å². The van der Waals surface area contributed by atoms with Gasteiger partial charge in [0.1, 0.15) is 5.78 Å². The Labute approximate surface area is 86.9 Å². The van der Waals surface area contributed by atoms with Gasteiger partial charge in [-0.3, -0.25) is 4.79 Å². The normalized spacial score (nSPS) is 18.8. The number of hydrogen-bond acceptors (Lipinski definition) is 3. The fourth-order valence-corrected chi connectivity index (χ4v) is 1.92. The molecule has 1 aliphatic rings. The zero-order valence-electron chi connectivity index (χ0n) is 9.38. The lowest BCUT2D eigenvalue weighted by Crippen LogP contribution is -2.32. The van der Waals surface area contributed by atoms with E-state index in [0.29, 0.717) is 11.7 Å². The molecule has 14 heavy (non-hydrogen) atoms. The maximum absolute atomic E-state index is 11.7. The zero-order chi connectivity index (χ0) is 10.4. The molecule has 0 aliphatic carbocycles. The SMILES string of the molecule is CN(C)CCCC(=O)C1CCNCC1. The van der Waals surface area contributed by atoms with Crippen LogP contribution in [0.3, 0.4) is 0 Å². The highest BCUT2D eigenvalue weighted by molar-refractivity contribution is 5.81. The fourth-order valence-electron chi connectivity index (χ4n) is 1.92. The quantitative estimate of drug-likeness (QED) is 0.712. The summed E-state index contributed by atoms with van der Waals surface area (Å²) >= 11 is 0. The Bertz CT molecular complexity index is 174. The molecule has 1 rings (SSSR count). The van der Waals surface area contributed by atoms with Gasteiger partial charge in [0.15, 0.2) is 0 Å². The molecule has 0 aromatic rings. The lowest BCUT2D eigenvalue weighted by Gasteiger charge is -2.21. The van der Waals surface area contributed by atoms with E-state index in [1.807, 2.05) is 0 Å². The number of nitrogens with one attached hydrogen (secondary N) is 1. The first-order valence-corrected chi connectivity index (χ1v) is 5.58. The number of nitrogens with zero attached hydrogens (tertiary/aromatic N) is 1. The molecule has 0 saturated carbocycles. The first-order valence-electron chi connectivity index (χ1n) is 5.58. The largest absolute Gasteiger partial charge is 0.317 e. The highest BCUT2D eigenvalue weighted by Gasteiger charge is 2.19. The summed E-state index contributed by atoms with van der Waals surface area (Å²) in [6, 6.07) is 0. The van der Waals surface area contributed by atoms with Crippen LogP contribution in [0, 0.1) is 5.92 Å². The van der Waals surface area contributed by atoms with Crippen LogP contribution in [0.2, 0.25) is 0 Å². The van der Waals surface area contributed by atoms with Crippen LogP contribution in [0.15, 0.2) is 0 Å². The smallest absolute Gasteiger partial charge is 0.136 e. The summed E-state index contributed by atoms with van der Waals surface area (Å²) in [5.41, 5.74) is 0. The molecule has 1 aliphatic heterocycles. The van der Waals surface area contributed by atoms with Crippen LogP contribution in [0.1, 0.15) is 25.7 Å². The predicted octanol–water partition coefficient (Wildman–Crippen LogP) is 0.897. The Hall–Kier alpha value is -0.410. The number of carbonyl (C=O) groups excluding carboxylic acids is 1. The number of ketones is 1. The molecule has 0 spiro atoms. The number of piperidine rings is 1. The first-order chi connectivity index (χ1) is 6.70. The third-order valence-electron chi connectivity index (χ3n) is 2.82. The van der Waals surface area contributed by atoms with E-state index >= 15 is 0 Å². The highest BCUT2D eigenvalue weighted by Crippen LogP contribution is 2.15. The third-order valence-corrected chi connectivity index (χ3v) is 2.82. The van der Waals surface area contributed by atoms with Gasteiger partial charge in [-0.2, -0.15) is 0 Å². The second kappa shape index (κ2) is 6.14. The molecule has 1 N–H and O–H groups in total. The van der Waals surface area contributed by atoms with E-state index in [-0.39, 0.29) is 0 Å². The van der Waals surface area contributed by atoms with Crippen molar-refractivity contribution in [2.45, 2.75) is 25.7 Å². The Kier molecular flexibility index (Phi) is 5.12. The summed E-state index contributed by atoms with van der Waals surface area (Å²) in [6.45, 7) is 3.06. The van der Waals surface area contributed by atoms with Crippen LogP contribution < -0.4 is 5.32 Å². The summed E-state index contributed by atoms with van der Waals surface area (Å²) in [6.07, 6.45) is 3.86. The van der Waals surface area contributed by atoms with Crippen molar-refractivity contribution in [3.63, 3.8) is 0 Å². The third kappa shape index (κ3) is 4.20. The van der Waals surface area contributed by atoms with Crippen molar-refractivity contribution in [1.29, 1.82) is 0 Å². The summed E-state index contributed by atoms with van der Waals surface area (Å²) in [5.74, 6) is 0.826. The lowest BCUT2D eigenvalue weighted by molar-refractivity contribution is -0.123. The molecule has 3 heteroatoms. The summed E-state index contributed by atoms with van der Waals surface area (Å²) in [5, 5.41) is 3.28. The van der Waals surface area contributed by atoms with Gasteiger partial charge < -0.3 is 10.2 Å². The number of rotatable bonds is 5. The van der Waals surface area contributed by atoms with Crippen LogP contribution in [-0.4, -0.2) is 44.4 Å². The van der Waals surface area contributed by atoms with Crippen LogP contribution in [0.25, 0.3) is 0 Å². The zero-order valence-corrected chi connectivity index (χ0v) is 9.38. The van der Waals surface area contributed by atoms with Crippen molar-refractivity contribution in [1.82, 2.24) is 10.2 Å². The minimum absolute atomic E-state index is 0.346. The Morgan fingerprint density at radius 3 is 2.57 bits per heavy atom. The van der Waals surface area contributed by atoms with E-state index in [9.17, 15) is 4.79 Å². The minimum atomic E-state index is 0.346. The Morgan fingerprint density at radius 1 is 1.36 bits per heavy atom. The molecule has 0 amide bonds. The van der Waals surface area contributed by atoms with Gasteiger partial charge in [-0.25, -0.2) is 0 Å². The topological polar surface area (TPSA) is 32.3 Å². The van der Waals surface area contributed by atoms with Crippen molar-refractivity contribution in [2.24, 2.45) is 5.92 Å². The van der Waals surface area contributed by atoms with Crippen molar-refractivity contribution >= 4 is 5.78 Å². The van der Waals surface area contributed by atoms with Crippen LogP contribution >= 0.6 is 0 Å². The molecule has 0 aromatic heterocycles. The van der Waals surface area contributed by atoms with Gasteiger partial charge in [0.25, 0.3) is 0 Å². The second-order valence-electron chi connectivity index (χ2n) is 4.40. The standard InChI is InChI=1S/C11H22N2O/c1-13(2)9-3-4-11(14)10-5-7-12-8-6-10/h10,12H,3-9H2,1-2H3. The molecule has 1 saturated heterocycles. The molecule has 3 nitrogen and oxygen atoms in total. The maximum atomic E-state index is 11.7. The van der Waals surface area contributed by atoms with E-state index in [2.05, 4.69) is 24.3 Å². The molecule has 0 radical (unpaired) electrons. The first kappa shape index (κ1) is 11.7. The summed E-state index contributed by atoms with van der Waals surface area (Å²) in [4.78, 5) is 13.9. The molecular formula is C11H22N2O. The van der Waals surface area contributed by atoms with Crippen LogP contribution in [0.5, 0.6) is 0 Å². The summed E-state index contributed by atoms with van der Waals surface area (Å²) < 4.78 is 0. The van der Waals surface area contributed by atoms with E-state index < -0.39 is 0 Å². The maximum Gasteiger partial charge on any atom is 0.136 e. The molecule has 82 valence electrons. The predicted molar refractivity (Wildman–Crippen MR) is 58.4 cm³/mol. The second-order valence-corrected chi connectivity index (χ2v) is 4.40. The van der Waals surface area contributed by atoms with Crippen molar-refractivity contribution in [3.05, 3.63) is 0 Å². The average molecular weight is 198 g/mol. The fraction of sp³-hybridized carbons (Fsp3) is 0.909. The van der Waals surface area contributed by atoms with Crippen molar-refractivity contribution in [2.75, 3.05) is 33.7 Å².